The maximum atomic E-state index is 12.0. The lowest BCUT2D eigenvalue weighted by Gasteiger charge is -2.21. The molecule has 1 fully saturated rings. The molecule has 25 heavy (non-hydrogen) atoms. The van der Waals surface area contributed by atoms with Gasteiger partial charge in [-0.15, -0.1) is 0 Å². The van der Waals surface area contributed by atoms with Gasteiger partial charge in [0.15, 0.2) is 6.61 Å². The SMILES string of the molecule is O=C(COC(=O)c1ccc(C2CCCCC2)cc1)NCc1ccco1. The van der Waals surface area contributed by atoms with Gasteiger partial charge in [-0.1, -0.05) is 31.4 Å². The van der Waals surface area contributed by atoms with E-state index in [1.807, 2.05) is 12.1 Å². The molecule has 1 amide bonds. The Morgan fingerprint density at radius 2 is 1.84 bits per heavy atom. The van der Waals surface area contributed by atoms with Gasteiger partial charge in [-0.2, -0.15) is 0 Å². The second-order valence-electron chi connectivity index (χ2n) is 6.39. The van der Waals surface area contributed by atoms with Crippen LogP contribution >= 0.6 is 0 Å². The number of benzene rings is 1. The van der Waals surface area contributed by atoms with Gasteiger partial charge in [0.05, 0.1) is 18.4 Å². The van der Waals surface area contributed by atoms with Crippen molar-refractivity contribution in [2.75, 3.05) is 6.61 Å². The van der Waals surface area contributed by atoms with Crippen molar-refractivity contribution in [3.63, 3.8) is 0 Å². The number of rotatable bonds is 6. The lowest BCUT2D eigenvalue weighted by atomic mass is 9.84. The first-order valence-corrected chi connectivity index (χ1v) is 8.78. The Kier molecular flexibility index (Phi) is 5.88. The minimum Gasteiger partial charge on any atom is -0.467 e. The van der Waals surface area contributed by atoms with Gasteiger partial charge >= 0.3 is 5.97 Å². The molecule has 0 radical (unpaired) electrons. The highest BCUT2D eigenvalue weighted by atomic mass is 16.5. The largest absolute Gasteiger partial charge is 0.467 e. The molecule has 5 heteroatoms. The maximum absolute atomic E-state index is 12.0. The summed E-state index contributed by atoms with van der Waals surface area (Å²) in [6, 6.07) is 11.1. The van der Waals surface area contributed by atoms with Crippen molar-refractivity contribution in [1.29, 1.82) is 0 Å². The number of carbonyl (C=O) groups excluding carboxylic acids is 2. The Balaban J connectivity index is 1.45. The summed E-state index contributed by atoms with van der Waals surface area (Å²) in [6.07, 6.45) is 7.86. The fourth-order valence-electron chi connectivity index (χ4n) is 3.19. The molecule has 3 rings (SSSR count). The summed E-state index contributed by atoms with van der Waals surface area (Å²) in [4.78, 5) is 23.8. The smallest absolute Gasteiger partial charge is 0.338 e. The van der Waals surface area contributed by atoms with Crippen LogP contribution in [-0.4, -0.2) is 18.5 Å². The van der Waals surface area contributed by atoms with Crippen LogP contribution in [0.2, 0.25) is 0 Å². The van der Waals surface area contributed by atoms with Crippen molar-refractivity contribution < 1.29 is 18.7 Å². The minimum absolute atomic E-state index is 0.277. The lowest BCUT2D eigenvalue weighted by molar-refractivity contribution is -0.124. The van der Waals surface area contributed by atoms with Crippen molar-refractivity contribution in [1.82, 2.24) is 5.32 Å². The lowest BCUT2D eigenvalue weighted by Crippen LogP contribution is -2.28. The van der Waals surface area contributed by atoms with Crippen molar-refractivity contribution in [3.05, 3.63) is 59.5 Å². The molecule has 1 N–H and O–H groups in total. The Morgan fingerprint density at radius 1 is 1.08 bits per heavy atom. The zero-order chi connectivity index (χ0) is 17.5. The van der Waals surface area contributed by atoms with Gasteiger partial charge in [0, 0.05) is 0 Å². The van der Waals surface area contributed by atoms with Gasteiger partial charge in [-0.05, 0) is 48.6 Å². The summed E-state index contributed by atoms with van der Waals surface area (Å²) in [6.45, 7) is -0.0244. The van der Waals surface area contributed by atoms with Crippen LogP contribution < -0.4 is 5.32 Å². The van der Waals surface area contributed by atoms with Crippen LogP contribution in [0.15, 0.2) is 47.1 Å². The van der Waals surface area contributed by atoms with E-state index >= 15 is 0 Å². The van der Waals surface area contributed by atoms with Crippen LogP contribution in [0.3, 0.4) is 0 Å². The quantitative estimate of drug-likeness (QED) is 0.812. The van der Waals surface area contributed by atoms with E-state index in [2.05, 4.69) is 5.32 Å². The van der Waals surface area contributed by atoms with E-state index < -0.39 is 5.97 Å². The molecule has 0 saturated heterocycles. The third kappa shape index (κ3) is 4.95. The predicted octanol–water partition coefficient (Wildman–Crippen LogP) is 3.80. The third-order valence-electron chi connectivity index (χ3n) is 4.60. The summed E-state index contributed by atoms with van der Waals surface area (Å²) in [5.74, 6) is 0.413. The fourth-order valence-corrected chi connectivity index (χ4v) is 3.19. The monoisotopic (exact) mass is 341 g/mol. The summed E-state index contributed by atoms with van der Waals surface area (Å²) >= 11 is 0. The Morgan fingerprint density at radius 3 is 2.52 bits per heavy atom. The van der Waals surface area contributed by atoms with Crippen molar-refractivity contribution in [2.24, 2.45) is 0 Å². The highest BCUT2D eigenvalue weighted by Gasteiger charge is 2.16. The summed E-state index contributed by atoms with van der Waals surface area (Å²) in [5, 5.41) is 2.63. The van der Waals surface area contributed by atoms with E-state index in [9.17, 15) is 9.59 Å². The number of carbonyl (C=O) groups is 2. The highest BCUT2D eigenvalue weighted by Crippen LogP contribution is 2.32. The second-order valence-corrected chi connectivity index (χ2v) is 6.39. The van der Waals surface area contributed by atoms with Crippen LogP contribution in [0.25, 0.3) is 0 Å². The van der Waals surface area contributed by atoms with E-state index in [0.29, 0.717) is 17.2 Å². The fraction of sp³-hybridized carbons (Fsp3) is 0.400. The second kappa shape index (κ2) is 8.51. The van der Waals surface area contributed by atoms with E-state index in [0.717, 1.165) is 0 Å². The molecule has 5 nitrogen and oxygen atoms in total. The first-order chi connectivity index (χ1) is 12.2. The van der Waals surface area contributed by atoms with E-state index in [-0.39, 0.29) is 19.1 Å². The van der Waals surface area contributed by atoms with Crippen molar-refractivity contribution >= 4 is 11.9 Å². The van der Waals surface area contributed by atoms with Gasteiger partial charge in [0.2, 0.25) is 0 Å². The molecule has 132 valence electrons. The van der Waals surface area contributed by atoms with Crippen LogP contribution in [0.5, 0.6) is 0 Å². The molecule has 1 aliphatic carbocycles. The molecule has 1 heterocycles. The molecule has 1 aromatic heterocycles. The molecular formula is C20H23NO4. The average Bonchev–Trinajstić information content (AvgIpc) is 3.19. The normalized spacial score (nSPS) is 14.9. The van der Waals surface area contributed by atoms with Gasteiger partial charge in [-0.25, -0.2) is 4.79 Å². The zero-order valence-electron chi connectivity index (χ0n) is 14.2. The Labute approximate surface area is 147 Å². The molecular weight excluding hydrogens is 318 g/mol. The van der Waals surface area contributed by atoms with Crippen molar-refractivity contribution in [3.8, 4) is 0 Å². The molecule has 1 saturated carbocycles. The zero-order valence-corrected chi connectivity index (χ0v) is 14.2. The standard InChI is InChI=1S/C20H23NO4/c22-19(21-13-18-7-4-12-24-18)14-25-20(23)17-10-8-16(9-11-17)15-5-2-1-3-6-15/h4,7-12,15H,1-3,5-6,13-14H2,(H,21,22). The molecule has 1 aromatic carbocycles. The molecule has 2 aromatic rings. The number of hydrogen-bond donors (Lipinski definition) is 1. The third-order valence-corrected chi connectivity index (χ3v) is 4.60. The van der Waals surface area contributed by atoms with E-state index in [4.69, 9.17) is 9.15 Å². The number of furan rings is 1. The maximum Gasteiger partial charge on any atom is 0.338 e. The number of ether oxygens (including phenoxy) is 1. The number of esters is 1. The van der Waals surface area contributed by atoms with Gasteiger partial charge < -0.3 is 14.5 Å². The van der Waals surface area contributed by atoms with Crippen LogP contribution in [0, 0.1) is 0 Å². The highest BCUT2D eigenvalue weighted by molar-refractivity contribution is 5.91. The van der Waals surface area contributed by atoms with E-state index in [1.165, 1.54) is 37.7 Å². The van der Waals surface area contributed by atoms with Gasteiger partial charge in [-0.3, -0.25) is 4.79 Å². The predicted molar refractivity (Wildman–Crippen MR) is 93.1 cm³/mol. The summed E-state index contributed by atoms with van der Waals surface area (Å²) in [5.41, 5.74) is 1.76. The van der Waals surface area contributed by atoms with E-state index in [1.54, 1.807) is 30.5 Å². The van der Waals surface area contributed by atoms with Crippen LogP contribution in [-0.2, 0) is 16.1 Å². The van der Waals surface area contributed by atoms with Crippen LogP contribution in [0.1, 0.15) is 59.7 Å². The molecule has 0 atom stereocenters. The molecule has 0 bridgehead atoms. The topological polar surface area (TPSA) is 68.5 Å². The first kappa shape index (κ1) is 17.3. The first-order valence-electron chi connectivity index (χ1n) is 8.78. The molecule has 0 spiro atoms. The number of amides is 1. The summed E-state index contributed by atoms with van der Waals surface area (Å²) in [7, 11) is 0. The Bertz CT molecular complexity index is 685. The van der Waals surface area contributed by atoms with Crippen LogP contribution in [0.4, 0.5) is 0 Å². The van der Waals surface area contributed by atoms with Crippen molar-refractivity contribution in [2.45, 2.75) is 44.6 Å². The molecule has 0 aliphatic heterocycles. The molecule has 0 unspecified atom stereocenters. The Hall–Kier alpha value is -2.56. The average molecular weight is 341 g/mol. The summed E-state index contributed by atoms with van der Waals surface area (Å²) < 4.78 is 10.2. The van der Waals surface area contributed by atoms with Gasteiger partial charge in [0.25, 0.3) is 5.91 Å². The minimum atomic E-state index is -0.483. The number of hydrogen-bond acceptors (Lipinski definition) is 4. The molecule has 1 aliphatic rings. The number of nitrogens with one attached hydrogen (secondary N) is 1. The van der Waals surface area contributed by atoms with Gasteiger partial charge in [0.1, 0.15) is 5.76 Å².